The van der Waals surface area contributed by atoms with Crippen LogP contribution in [0.5, 0.6) is 0 Å². The molecule has 0 fully saturated rings. The van der Waals surface area contributed by atoms with Crippen LogP contribution in [0.4, 0.5) is 0 Å². The Kier molecular flexibility index (Phi) is 11.7. The Morgan fingerprint density at radius 1 is 0.821 bits per heavy atom. The minimum Gasteiger partial charge on any atom is -0.389 e. The number of hydrogen-bond donors (Lipinski definition) is 1. The summed E-state index contributed by atoms with van der Waals surface area (Å²) in [6.07, 6.45) is 0.548. The van der Waals surface area contributed by atoms with Gasteiger partial charge in [-0.05, 0) is 6.42 Å². The zero-order chi connectivity index (χ0) is 19.8. The standard InChI is InChI=1S/C24H29O2.K.U/c1-9-24(23(26)13-25,21-11-14(2)10-15(3)18(21)6)22-12-16(4)17(5)19(7)20(22)8;;/h25H,9,13H2,1-8H3;;/q-3;+1;+2. The van der Waals surface area contributed by atoms with E-state index in [1.54, 1.807) is 0 Å². The molecule has 1 atom stereocenters. The number of Topliss-reactive ketones (excluding diaryl/α,β-unsaturated/α-hetero) is 1. The summed E-state index contributed by atoms with van der Waals surface area (Å²) in [6.45, 7) is 15.7. The fourth-order valence-corrected chi connectivity index (χ4v) is 3.94. The molecule has 0 radical (unpaired) electrons. The Balaban J connectivity index is 0.00000364. The molecule has 2 aromatic carbocycles. The molecule has 0 aliphatic heterocycles. The molecule has 2 rings (SSSR count). The fourth-order valence-electron chi connectivity index (χ4n) is 3.94. The minimum absolute atomic E-state index is 0. The number of aliphatic hydroxyl groups excluding tert-OH is 1. The summed E-state index contributed by atoms with van der Waals surface area (Å²) >= 11 is 0. The van der Waals surface area contributed by atoms with E-state index in [2.05, 4.69) is 32.0 Å². The maximum Gasteiger partial charge on any atom is 2.00 e. The van der Waals surface area contributed by atoms with Crippen molar-refractivity contribution in [3.63, 3.8) is 0 Å². The Morgan fingerprint density at radius 3 is 1.82 bits per heavy atom. The second-order valence-electron chi connectivity index (χ2n) is 7.34. The number of carbonyl (C=O) groups excluding carboxylic acids is 1. The maximum absolute atomic E-state index is 13.2. The van der Waals surface area contributed by atoms with Gasteiger partial charge in [-0.3, -0.25) is 27.0 Å². The Labute approximate surface area is 237 Å². The molecule has 28 heavy (non-hydrogen) atoms. The van der Waals surface area contributed by atoms with E-state index in [1.165, 1.54) is 11.1 Å². The van der Waals surface area contributed by atoms with Gasteiger partial charge in [0.25, 0.3) is 0 Å². The van der Waals surface area contributed by atoms with Gasteiger partial charge in [-0.25, -0.2) is 0 Å². The van der Waals surface area contributed by atoms with E-state index in [9.17, 15) is 9.90 Å². The molecule has 2 aromatic rings. The number of benzene rings is 2. The van der Waals surface area contributed by atoms with Gasteiger partial charge >= 0.3 is 82.5 Å². The first-order valence-electron chi connectivity index (χ1n) is 9.18. The van der Waals surface area contributed by atoms with Crippen LogP contribution in [0, 0.1) is 97.8 Å². The van der Waals surface area contributed by atoms with Crippen LogP contribution in [-0.2, 0) is 10.2 Å². The largest absolute Gasteiger partial charge is 2.00 e. The second-order valence-corrected chi connectivity index (χ2v) is 7.34. The van der Waals surface area contributed by atoms with Crippen LogP contribution in [0.1, 0.15) is 63.4 Å². The summed E-state index contributed by atoms with van der Waals surface area (Å²) in [4.78, 5) is 13.2. The van der Waals surface area contributed by atoms with Crippen molar-refractivity contribution in [2.75, 3.05) is 6.61 Å². The summed E-state index contributed by atoms with van der Waals surface area (Å²) in [5.74, 6) is -0.202. The predicted octanol–water partition coefficient (Wildman–Crippen LogP) is 1.51. The van der Waals surface area contributed by atoms with Crippen molar-refractivity contribution in [1.82, 2.24) is 0 Å². The Hall–Kier alpha value is 0.758. The normalized spacial score (nSPS) is 12.6. The summed E-state index contributed by atoms with van der Waals surface area (Å²) in [7, 11) is 0. The molecule has 0 aromatic heterocycles. The quantitative estimate of drug-likeness (QED) is 0.404. The van der Waals surface area contributed by atoms with Gasteiger partial charge in [0.1, 0.15) is 6.61 Å². The third-order valence-electron chi connectivity index (χ3n) is 6.00. The van der Waals surface area contributed by atoms with Crippen molar-refractivity contribution in [2.45, 2.75) is 67.2 Å². The Bertz CT molecular complexity index is 874. The molecule has 0 aliphatic rings. The number of hydrogen-bond acceptors (Lipinski definition) is 2. The van der Waals surface area contributed by atoms with Crippen molar-refractivity contribution in [1.29, 1.82) is 0 Å². The van der Waals surface area contributed by atoms with Crippen molar-refractivity contribution >= 4 is 5.78 Å². The molecular weight excluding hydrogens is 597 g/mol. The number of aliphatic hydroxyl groups is 1. The van der Waals surface area contributed by atoms with Gasteiger partial charge in [-0.2, -0.15) is 28.3 Å². The third-order valence-corrected chi connectivity index (χ3v) is 6.00. The molecule has 0 heterocycles. The SMILES string of the molecule is CCC(C(=O)CO)(c1[c-]c(C)[c-]c(C)c1C)c1[c-]c(C)c(C)c(C)c1C.[K+].[U+2]. The van der Waals surface area contributed by atoms with Gasteiger partial charge in [0.05, 0.1) is 0 Å². The predicted molar refractivity (Wildman–Crippen MR) is 106 cm³/mol. The molecule has 4 heteroatoms. The average molecular weight is 627 g/mol. The van der Waals surface area contributed by atoms with E-state index < -0.39 is 12.0 Å². The Morgan fingerprint density at radius 2 is 1.32 bits per heavy atom. The molecular formula is C24H29KO2U. The van der Waals surface area contributed by atoms with Gasteiger partial charge < -0.3 is 17.2 Å². The molecule has 0 aliphatic carbocycles. The average Bonchev–Trinajstić information content (AvgIpc) is 2.61. The van der Waals surface area contributed by atoms with Crippen molar-refractivity contribution in [3.05, 3.63) is 68.3 Å². The van der Waals surface area contributed by atoms with E-state index in [-0.39, 0.29) is 88.3 Å². The molecule has 0 spiro atoms. The minimum atomic E-state index is -0.948. The first-order valence-corrected chi connectivity index (χ1v) is 9.18. The molecule has 0 saturated heterocycles. The second kappa shape index (κ2) is 11.4. The molecule has 1 unspecified atom stereocenters. The fraction of sp³-hybridized carbons (Fsp3) is 0.458. The van der Waals surface area contributed by atoms with Gasteiger partial charge in [-0.15, -0.1) is 12.5 Å². The molecule has 2 nitrogen and oxygen atoms in total. The van der Waals surface area contributed by atoms with Crippen LogP contribution in [0.25, 0.3) is 0 Å². The zero-order valence-electron chi connectivity index (χ0n) is 18.8. The van der Waals surface area contributed by atoms with Crippen molar-refractivity contribution in [2.24, 2.45) is 0 Å². The van der Waals surface area contributed by atoms with Gasteiger partial charge in [0, 0.05) is 5.41 Å². The number of ketones is 1. The summed E-state index contributed by atoms with van der Waals surface area (Å²) in [5.41, 5.74) is 8.13. The van der Waals surface area contributed by atoms with Gasteiger partial charge in [0.2, 0.25) is 0 Å². The summed E-state index contributed by atoms with van der Waals surface area (Å²) < 4.78 is 0. The molecule has 0 amide bonds. The molecule has 0 saturated carbocycles. The van der Waals surface area contributed by atoms with E-state index in [0.717, 1.165) is 38.9 Å². The third kappa shape index (κ3) is 4.97. The zero-order valence-corrected chi connectivity index (χ0v) is 26.1. The van der Waals surface area contributed by atoms with Crippen LogP contribution in [0.15, 0.2) is 0 Å². The van der Waals surface area contributed by atoms with Gasteiger partial charge in [-0.1, -0.05) is 48.5 Å². The number of rotatable bonds is 5. The van der Waals surface area contributed by atoms with Crippen LogP contribution in [0.2, 0.25) is 0 Å². The van der Waals surface area contributed by atoms with Crippen molar-refractivity contribution < 1.29 is 92.4 Å². The van der Waals surface area contributed by atoms with E-state index >= 15 is 0 Å². The summed E-state index contributed by atoms with van der Waals surface area (Å²) in [6, 6.07) is 10.2. The van der Waals surface area contributed by atoms with Gasteiger partial charge in [0.15, 0.2) is 5.78 Å². The van der Waals surface area contributed by atoms with E-state index in [0.29, 0.717) is 6.42 Å². The van der Waals surface area contributed by atoms with Crippen LogP contribution in [-0.4, -0.2) is 17.5 Å². The molecule has 142 valence electrons. The smallest absolute Gasteiger partial charge is 0.389 e. The number of carbonyl (C=O) groups is 1. The summed E-state index contributed by atoms with van der Waals surface area (Å²) in [5, 5.41) is 9.85. The molecule has 0 bridgehead atoms. The van der Waals surface area contributed by atoms with E-state index in [1.807, 2.05) is 41.5 Å². The first-order chi connectivity index (χ1) is 12.1. The van der Waals surface area contributed by atoms with Crippen LogP contribution < -0.4 is 51.4 Å². The monoisotopic (exact) mass is 626 g/mol. The molecule has 1 N–H and O–H groups in total. The number of aryl methyl sites for hydroxylation is 3. The first kappa shape index (κ1) is 28.8. The van der Waals surface area contributed by atoms with Crippen LogP contribution in [0.3, 0.4) is 0 Å². The van der Waals surface area contributed by atoms with Crippen LogP contribution >= 0.6 is 0 Å². The van der Waals surface area contributed by atoms with Crippen molar-refractivity contribution in [3.8, 4) is 0 Å². The van der Waals surface area contributed by atoms with E-state index in [4.69, 9.17) is 0 Å². The topological polar surface area (TPSA) is 37.3 Å². The maximum atomic E-state index is 13.2.